The zero-order chi connectivity index (χ0) is 19.6. The molecule has 4 rings (SSSR count). The average molecular weight is 395 g/mol. The highest BCUT2D eigenvalue weighted by atomic mass is 32.2. The Balaban J connectivity index is 1.65. The van der Waals surface area contributed by atoms with Crippen LogP contribution in [0.25, 0.3) is 0 Å². The second-order valence-electron chi connectivity index (χ2n) is 7.62. The van der Waals surface area contributed by atoms with Gasteiger partial charge in [-0.1, -0.05) is 48.5 Å². The summed E-state index contributed by atoms with van der Waals surface area (Å²) in [5, 5.41) is 0. The van der Waals surface area contributed by atoms with Gasteiger partial charge in [0, 0.05) is 43.8 Å². The molecule has 0 spiro atoms. The smallest absolute Gasteiger partial charge is 0.237 e. The number of thioether (sulfide) groups is 1. The van der Waals surface area contributed by atoms with Crippen LogP contribution in [0.2, 0.25) is 0 Å². The van der Waals surface area contributed by atoms with Crippen molar-refractivity contribution in [3.8, 4) is 0 Å². The molecule has 1 atom stereocenters. The molecule has 0 saturated carbocycles. The van der Waals surface area contributed by atoms with Crippen LogP contribution in [0.15, 0.2) is 54.6 Å². The predicted octanol–water partition coefficient (Wildman–Crippen LogP) is 3.50. The molecule has 1 unspecified atom stereocenters. The maximum absolute atomic E-state index is 13.5. The highest BCUT2D eigenvalue weighted by Gasteiger charge is 2.49. The van der Waals surface area contributed by atoms with Crippen molar-refractivity contribution in [2.24, 2.45) is 0 Å². The molecule has 146 valence electrons. The minimum atomic E-state index is -0.674. The summed E-state index contributed by atoms with van der Waals surface area (Å²) in [7, 11) is 1.84. The van der Waals surface area contributed by atoms with Gasteiger partial charge in [0.1, 0.15) is 0 Å². The molecule has 28 heavy (non-hydrogen) atoms. The Morgan fingerprint density at radius 3 is 2.46 bits per heavy atom. The fraction of sp³-hybridized carbons (Fsp3) is 0.391. The van der Waals surface area contributed by atoms with Gasteiger partial charge in [-0.2, -0.15) is 11.8 Å². The first-order valence-electron chi connectivity index (χ1n) is 9.89. The highest BCUT2D eigenvalue weighted by Crippen LogP contribution is 2.46. The summed E-state index contributed by atoms with van der Waals surface area (Å²) in [4.78, 5) is 30.0. The zero-order valence-electron chi connectivity index (χ0n) is 16.3. The third-order valence-corrected chi connectivity index (χ3v) is 6.92. The molecule has 5 heteroatoms. The van der Waals surface area contributed by atoms with E-state index in [0.29, 0.717) is 19.3 Å². The molecule has 1 saturated heterocycles. The summed E-state index contributed by atoms with van der Waals surface area (Å²) >= 11 is 1.90. The number of benzene rings is 2. The Hall–Kier alpha value is -2.27. The normalized spacial score (nSPS) is 21.7. The summed E-state index contributed by atoms with van der Waals surface area (Å²) in [5.41, 5.74) is 2.47. The minimum Gasteiger partial charge on any atom is -0.341 e. The molecule has 2 aromatic rings. The van der Waals surface area contributed by atoms with Gasteiger partial charge in [0.2, 0.25) is 11.8 Å². The molecule has 0 bridgehead atoms. The molecule has 0 radical (unpaired) electrons. The van der Waals surface area contributed by atoms with Crippen LogP contribution < -0.4 is 4.90 Å². The summed E-state index contributed by atoms with van der Waals surface area (Å²) in [6.07, 6.45) is 1.58. The topological polar surface area (TPSA) is 40.6 Å². The number of nitrogens with zero attached hydrogens (tertiary/aromatic N) is 2. The first kappa shape index (κ1) is 19.1. The molecule has 2 heterocycles. The molecule has 0 aromatic heterocycles. The molecule has 1 fully saturated rings. The number of anilines is 1. The van der Waals surface area contributed by atoms with Gasteiger partial charge in [0.25, 0.3) is 0 Å². The Kier molecular flexibility index (Phi) is 5.44. The van der Waals surface area contributed by atoms with E-state index >= 15 is 0 Å². The lowest BCUT2D eigenvalue weighted by Gasteiger charge is -2.31. The number of amides is 2. The van der Waals surface area contributed by atoms with Gasteiger partial charge >= 0.3 is 0 Å². The van der Waals surface area contributed by atoms with Crippen LogP contribution in [0.3, 0.4) is 0 Å². The van der Waals surface area contributed by atoms with Gasteiger partial charge < -0.3 is 9.80 Å². The maximum atomic E-state index is 13.5. The van der Waals surface area contributed by atoms with Crippen molar-refractivity contribution in [3.05, 3.63) is 65.7 Å². The Morgan fingerprint density at radius 2 is 1.71 bits per heavy atom. The summed E-state index contributed by atoms with van der Waals surface area (Å²) in [6.45, 7) is 1.64. The summed E-state index contributed by atoms with van der Waals surface area (Å²) < 4.78 is 0. The van der Waals surface area contributed by atoms with Crippen LogP contribution in [-0.2, 0) is 21.4 Å². The van der Waals surface area contributed by atoms with Gasteiger partial charge in [-0.15, -0.1) is 0 Å². The standard InChI is InChI=1S/C23H26N2O2S/c1-24-20-10-6-5-9-19(20)23(22(24)27,17-18-7-3-2-4-8-18)12-11-21(26)25-13-15-28-16-14-25/h2-10H,11-17H2,1H3. The summed E-state index contributed by atoms with van der Waals surface area (Å²) in [5.74, 6) is 2.28. The van der Waals surface area contributed by atoms with Gasteiger partial charge in [-0.3, -0.25) is 9.59 Å². The van der Waals surface area contributed by atoms with Crippen LogP contribution in [0.4, 0.5) is 5.69 Å². The number of carbonyl (C=O) groups is 2. The molecule has 2 aliphatic heterocycles. The number of fused-ring (bicyclic) bond motifs is 1. The second-order valence-corrected chi connectivity index (χ2v) is 8.84. The fourth-order valence-corrected chi connectivity index (χ4v) is 5.36. The SMILES string of the molecule is CN1C(=O)C(CCC(=O)N2CCSCC2)(Cc2ccccc2)c2ccccc21. The van der Waals surface area contributed by atoms with Crippen molar-refractivity contribution < 1.29 is 9.59 Å². The lowest BCUT2D eigenvalue weighted by Crippen LogP contribution is -2.43. The van der Waals surface area contributed by atoms with E-state index in [-0.39, 0.29) is 11.8 Å². The first-order chi connectivity index (χ1) is 13.6. The zero-order valence-corrected chi connectivity index (χ0v) is 17.1. The summed E-state index contributed by atoms with van der Waals surface area (Å²) in [6, 6.07) is 18.2. The maximum Gasteiger partial charge on any atom is 0.237 e. The Bertz CT molecular complexity index is 864. The van der Waals surface area contributed by atoms with E-state index in [2.05, 4.69) is 18.2 Å². The lowest BCUT2D eigenvalue weighted by atomic mass is 9.73. The van der Waals surface area contributed by atoms with Crippen LogP contribution >= 0.6 is 11.8 Å². The van der Waals surface area contributed by atoms with Gasteiger partial charge in [0.05, 0.1) is 5.41 Å². The largest absolute Gasteiger partial charge is 0.341 e. The van der Waals surface area contributed by atoms with Gasteiger partial charge in [-0.25, -0.2) is 0 Å². The van der Waals surface area contributed by atoms with Crippen molar-refractivity contribution in [1.29, 1.82) is 0 Å². The van der Waals surface area contributed by atoms with Crippen molar-refractivity contribution in [2.75, 3.05) is 36.5 Å². The van der Waals surface area contributed by atoms with E-state index in [1.807, 2.05) is 60.1 Å². The van der Waals surface area contributed by atoms with Crippen molar-refractivity contribution in [2.45, 2.75) is 24.7 Å². The van der Waals surface area contributed by atoms with E-state index < -0.39 is 5.41 Å². The second kappa shape index (κ2) is 8.00. The van der Waals surface area contributed by atoms with E-state index in [4.69, 9.17) is 0 Å². The Labute approximate surface area is 170 Å². The predicted molar refractivity (Wildman–Crippen MR) is 115 cm³/mol. The quantitative estimate of drug-likeness (QED) is 0.779. The number of hydrogen-bond donors (Lipinski definition) is 0. The monoisotopic (exact) mass is 394 g/mol. The van der Waals surface area contributed by atoms with Gasteiger partial charge in [0.15, 0.2) is 0 Å². The van der Waals surface area contributed by atoms with E-state index in [0.717, 1.165) is 41.4 Å². The van der Waals surface area contributed by atoms with Crippen LogP contribution in [0.1, 0.15) is 24.0 Å². The number of para-hydroxylation sites is 1. The third kappa shape index (κ3) is 3.44. The van der Waals surface area contributed by atoms with Crippen molar-refractivity contribution >= 4 is 29.3 Å². The number of hydrogen-bond acceptors (Lipinski definition) is 3. The average Bonchev–Trinajstić information content (AvgIpc) is 2.96. The van der Waals surface area contributed by atoms with Crippen LogP contribution in [0, 0.1) is 0 Å². The van der Waals surface area contributed by atoms with E-state index in [1.165, 1.54) is 0 Å². The van der Waals surface area contributed by atoms with Crippen LogP contribution in [0.5, 0.6) is 0 Å². The fourth-order valence-electron chi connectivity index (χ4n) is 4.45. The third-order valence-electron chi connectivity index (χ3n) is 5.97. The molecular formula is C23H26N2O2S. The highest BCUT2D eigenvalue weighted by molar-refractivity contribution is 7.99. The molecule has 2 aliphatic rings. The molecule has 0 aliphatic carbocycles. The molecule has 4 nitrogen and oxygen atoms in total. The number of carbonyl (C=O) groups excluding carboxylic acids is 2. The van der Waals surface area contributed by atoms with Crippen molar-refractivity contribution in [3.63, 3.8) is 0 Å². The molecular weight excluding hydrogens is 368 g/mol. The molecule has 2 aromatic carbocycles. The van der Waals surface area contributed by atoms with Crippen molar-refractivity contribution in [1.82, 2.24) is 4.90 Å². The van der Waals surface area contributed by atoms with Gasteiger partial charge in [-0.05, 0) is 30.0 Å². The lowest BCUT2D eigenvalue weighted by molar-refractivity contribution is -0.131. The van der Waals surface area contributed by atoms with E-state index in [9.17, 15) is 9.59 Å². The van der Waals surface area contributed by atoms with E-state index in [1.54, 1.807) is 4.90 Å². The Morgan fingerprint density at radius 1 is 1.04 bits per heavy atom. The minimum absolute atomic E-state index is 0.0968. The number of rotatable bonds is 5. The first-order valence-corrected chi connectivity index (χ1v) is 11.0. The molecule has 2 amide bonds. The number of likely N-dealkylation sites (N-methyl/N-ethyl adjacent to an activating group) is 1. The van der Waals surface area contributed by atoms with Crippen LogP contribution in [-0.4, -0.2) is 48.4 Å². The molecule has 0 N–H and O–H groups in total.